The predicted molar refractivity (Wildman–Crippen MR) is 141 cm³/mol. The molecule has 1 aromatic carbocycles. The molecule has 1 aromatic heterocycles. The third-order valence-electron chi connectivity index (χ3n) is 5.49. The van der Waals surface area contributed by atoms with Crippen LogP contribution in [0.5, 0.6) is 5.75 Å². The summed E-state index contributed by atoms with van der Waals surface area (Å²) < 4.78 is 10.2. The number of methoxy groups -OCH3 is 1. The first-order valence-corrected chi connectivity index (χ1v) is 12.0. The summed E-state index contributed by atoms with van der Waals surface area (Å²) in [6.07, 6.45) is 0.457. The van der Waals surface area contributed by atoms with Gasteiger partial charge in [-0.05, 0) is 45.4 Å². The lowest BCUT2D eigenvalue weighted by atomic mass is 10.1. The fourth-order valence-electron chi connectivity index (χ4n) is 3.48. The molecule has 0 unspecified atom stereocenters. The van der Waals surface area contributed by atoms with Crippen LogP contribution in [0.15, 0.2) is 30.5 Å². The van der Waals surface area contributed by atoms with Crippen LogP contribution in [0.1, 0.15) is 33.3 Å². The Bertz CT molecular complexity index is 1070. The van der Waals surface area contributed by atoms with Crippen molar-refractivity contribution in [2.24, 2.45) is 0 Å². The van der Waals surface area contributed by atoms with E-state index in [1.807, 2.05) is 18.7 Å². The molecule has 0 aliphatic carbocycles. The highest BCUT2D eigenvalue weighted by atomic mass is 16.6. The van der Waals surface area contributed by atoms with Gasteiger partial charge in [-0.2, -0.15) is 4.98 Å². The van der Waals surface area contributed by atoms with Crippen molar-refractivity contribution in [3.8, 4) is 5.75 Å². The molecule has 1 heterocycles. The molecule has 0 saturated heterocycles. The molecule has 0 fully saturated rings. The Labute approximate surface area is 217 Å². The van der Waals surface area contributed by atoms with Gasteiger partial charge in [-0.1, -0.05) is 12.1 Å². The normalized spacial score (nSPS) is 11.5. The Morgan fingerprint density at radius 1 is 1.05 bits per heavy atom. The number of anilines is 3. The lowest BCUT2D eigenvalue weighted by Gasteiger charge is -2.29. The van der Waals surface area contributed by atoms with E-state index in [4.69, 9.17) is 9.47 Å². The maximum absolute atomic E-state index is 12.6. The number of rotatable bonds is 11. The van der Waals surface area contributed by atoms with Gasteiger partial charge in [0.25, 0.3) is 0 Å². The minimum atomic E-state index is -1.11. The molecule has 0 saturated carbocycles. The van der Waals surface area contributed by atoms with Crippen LogP contribution >= 0.6 is 0 Å². The molecule has 0 aliphatic heterocycles. The number of hydrogen-bond donors (Lipinski definition) is 2. The third-order valence-corrected chi connectivity index (χ3v) is 5.49. The Kier molecular flexibility index (Phi) is 10.5. The van der Waals surface area contributed by atoms with Crippen molar-refractivity contribution < 1.29 is 29.0 Å². The molecule has 0 spiro atoms. The summed E-state index contributed by atoms with van der Waals surface area (Å²) in [5.74, 6) is -0.165. The van der Waals surface area contributed by atoms with E-state index in [9.17, 15) is 19.5 Å². The lowest BCUT2D eigenvalue weighted by molar-refractivity contribution is -0.137. The molecule has 202 valence electrons. The van der Waals surface area contributed by atoms with Gasteiger partial charge in [-0.25, -0.2) is 19.4 Å². The maximum atomic E-state index is 12.6. The SMILES string of the molecule is CCN(CC)c1ncc(N(C(=O)OC)C(C)C)c(N[C@@H](Cc2ccc(OC(=O)N(C)C)cc2)C(=O)O)n1. The van der Waals surface area contributed by atoms with Crippen LogP contribution in [0, 0.1) is 0 Å². The molecule has 2 N–H and O–H groups in total. The average Bonchev–Trinajstić information content (AvgIpc) is 2.86. The Balaban J connectivity index is 2.42. The summed E-state index contributed by atoms with van der Waals surface area (Å²) >= 11 is 0. The molecule has 37 heavy (non-hydrogen) atoms. The van der Waals surface area contributed by atoms with Crippen molar-refractivity contribution >= 4 is 35.6 Å². The predicted octanol–water partition coefficient (Wildman–Crippen LogP) is 3.47. The number of aromatic nitrogens is 2. The number of nitrogens with zero attached hydrogens (tertiary/aromatic N) is 5. The first-order valence-electron chi connectivity index (χ1n) is 12.0. The summed E-state index contributed by atoms with van der Waals surface area (Å²) in [5, 5.41) is 13.0. The van der Waals surface area contributed by atoms with Crippen LogP contribution in [-0.2, 0) is 16.0 Å². The van der Waals surface area contributed by atoms with Gasteiger partial charge in [-0.15, -0.1) is 0 Å². The van der Waals surface area contributed by atoms with Crippen molar-refractivity contribution in [2.45, 2.75) is 46.2 Å². The minimum Gasteiger partial charge on any atom is -0.480 e. The van der Waals surface area contributed by atoms with Crippen LogP contribution in [0.3, 0.4) is 0 Å². The molecule has 12 heteroatoms. The Morgan fingerprint density at radius 3 is 2.16 bits per heavy atom. The van der Waals surface area contributed by atoms with E-state index in [-0.39, 0.29) is 18.3 Å². The van der Waals surface area contributed by atoms with E-state index in [0.29, 0.717) is 36.0 Å². The van der Waals surface area contributed by atoms with Crippen molar-refractivity contribution in [3.63, 3.8) is 0 Å². The molecule has 1 atom stereocenters. The highest BCUT2D eigenvalue weighted by Gasteiger charge is 2.28. The monoisotopic (exact) mass is 516 g/mol. The molecular formula is C25H36N6O6. The zero-order chi connectivity index (χ0) is 27.7. The second-order valence-electron chi connectivity index (χ2n) is 8.66. The fourth-order valence-corrected chi connectivity index (χ4v) is 3.48. The first kappa shape index (κ1) is 29.1. The zero-order valence-corrected chi connectivity index (χ0v) is 22.4. The van der Waals surface area contributed by atoms with Gasteiger partial charge in [0.1, 0.15) is 17.5 Å². The van der Waals surface area contributed by atoms with Gasteiger partial charge in [0.05, 0.1) is 13.3 Å². The van der Waals surface area contributed by atoms with Crippen molar-refractivity contribution in [1.29, 1.82) is 0 Å². The fraction of sp³-hybridized carbons (Fsp3) is 0.480. The standard InChI is InChI=1S/C25H36N6O6/c1-8-30(9-2)23-26-15-20(31(16(3)4)25(35)36-7)21(28-23)27-19(22(32)33)14-17-10-12-18(13-11-17)37-24(34)29(5)6/h10-13,15-16,19H,8-9,14H2,1-7H3,(H,32,33)(H,26,27,28)/t19-/m0/s1. The van der Waals surface area contributed by atoms with Crippen molar-refractivity contribution in [1.82, 2.24) is 14.9 Å². The van der Waals surface area contributed by atoms with Gasteiger partial charge >= 0.3 is 18.2 Å². The average molecular weight is 517 g/mol. The number of carboxylic acid groups (broad SMARTS) is 1. The van der Waals surface area contributed by atoms with Crippen LogP contribution in [0.2, 0.25) is 0 Å². The second-order valence-corrected chi connectivity index (χ2v) is 8.66. The number of benzene rings is 1. The molecule has 0 aliphatic rings. The quantitative estimate of drug-likeness (QED) is 0.457. The zero-order valence-electron chi connectivity index (χ0n) is 22.4. The lowest BCUT2D eigenvalue weighted by Crippen LogP contribution is -2.39. The smallest absolute Gasteiger partial charge is 0.414 e. The number of carbonyl (C=O) groups is 3. The van der Waals surface area contributed by atoms with Crippen LogP contribution < -0.4 is 19.9 Å². The van der Waals surface area contributed by atoms with E-state index < -0.39 is 24.2 Å². The molecule has 2 aromatic rings. The number of hydrogen-bond acceptors (Lipinski definition) is 9. The Hall–Kier alpha value is -4.09. The van der Waals surface area contributed by atoms with Crippen LogP contribution in [0.4, 0.5) is 27.0 Å². The molecule has 0 bridgehead atoms. The summed E-state index contributed by atoms with van der Waals surface area (Å²) in [7, 11) is 4.43. The number of amides is 2. The van der Waals surface area contributed by atoms with E-state index >= 15 is 0 Å². The minimum absolute atomic E-state index is 0.0984. The topological polar surface area (TPSA) is 137 Å². The van der Waals surface area contributed by atoms with Gasteiger partial charge in [0, 0.05) is 39.6 Å². The maximum Gasteiger partial charge on any atom is 0.414 e. The van der Waals surface area contributed by atoms with Gasteiger partial charge < -0.3 is 29.7 Å². The third kappa shape index (κ3) is 7.69. The van der Waals surface area contributed by atoms with Gasteiger partial charge in [0.15, 0.2) is 5.82 Å². The summed E-state index contributed by atoms with van der Waals surface area (Å²) in [4.78, 5) is 50.1. The first-order chi connectivity index (χ1) is 17.5. The molecular weight excluding hydrogens is 480 g/mol. The largest absolute Gasteiger partial charge is 0.480 e. The molecule has 0 radical (unpaired) electrons. The van der Waals surface area contributed by atoms with Crippen molar-refractivity contribution in [2.75, 3.05) is 49.4 Å². The number of ether oxygens (including phenoxy) is 2. The van der Waals surface area contributed by atoms with E-state index in [2.05, 4.69) is 15.3 Å². The van der Waals surface area contributed by atoms with Crippen molar-refractivity contribution in [3.05, 3.63) is 36.0 Å². The highest BCUT2D eigenvalue weighted by molar-refractivity contribution is 5.92. The molecule has 12 nitrogen and oxygen atoms in total. The highest BCUT2D eigenvalue weighted by Crippen LogP contribution is 2.29. The molecule has 2 amide bonds. The van der Waals surface area contributed by atoms with E-state index in [1.54, 1.807) is 52.2 Å². The molecule has 2 rings (SSSR count). The number of carbonyl (C=O) groups excluding carboxylic acids is 2. The summed E-state index contributed by atoms with van der Waals surface area (Å²) in [6, 6.07) is 5.18. The number of nitrogens with one attached hydrogen (secondary N) is 1. The number of aliphatic carboxylic acids is 1. The van der Waals surface area contributed by atoms with E-state index in [0.717, 1.165) is 0 Å². The summed E-state index contributed by atoms with van der Waals surface area (Å²) in [6.45, 7) is 8.82. The van der Waals surface area contributed by atoms with Gasteiger partial charge in [0.2, 0.25) is 5.95 Å². The van der Waals surface area contributed by atoms with Gasteiger partial charge in [-0.3, -0.25) is 4.90 Å². The Morgan fingerprint density at radius 2 is 1.68 bits per heavy atom. The number of carboxylic acids is 1. The van der Waals surface area contributed by atoms with E-state index in [1.165, 1.54) is 23.1 Å². The summed E-state index contributed by atoms with van der Waals surface area (Å²) in [5.41, 5.74) is 0.993. The van der Waals surface area contributed by atoms with Crippen LogP contribution in [0.25, 0.3) is 0 Å². The van der Waals surface area contributed by atoms with Crippen LogP contribution in [-0.4, -0.2) is 84.5 Å². The second kappa shape index (κ2) is 13.3.